The van der Waals surface area contributed by atoms with Crippen LogP contribution in [0.2, 0.25) is 0 Å². The van der Waals surface area contributed by atoms with Crippen molar-refractivity contribution in [3.8, 4) is 0 Å². The van der Waals surface area contributed by atoms with Gasteiger partial charge in [-0.1, -0.05) is 0 Å². The molecule has 0 atom stereocenters. The van der Waals surface area contributed by atoms with E-state index in [2.05, 4.69) is 5.32 Å². The molecule has 1 amide bonds. The van der Waals surface area contributed by atoms with Crippen LogP contribution < -0.4 is 5.32 Å². The number of amides is 1. The van der Waals surface area contributed by atoms with Crippen LogP contribution in [0.4, 0.5) is 0 Å². The molecule has 0 aromatic heterocycles. The lowest BCUT2D eigenvalue weighted by Gasteiger charge is -2.44. The monoisotopic (exact) mass is 153 g/mol. The SMILES string of the molecule is O=C1CCC2(CC1)CC(=O)N2. The molecular weight excluding hydrogens is 142 g/mol. The number of carbonyl (C=O) groups is 2. The highest BCUT2D eigenvalue weighted by molar-refractivity contribution is 5.87. The van der Waals surface area contributed by atoms with Crippen molar-refractivity contribution < 1.29 is 9.59 Å². The zero-order valence-electron chi connectivity index (χ0n) is 6.35. The van der Waals surface area contributed by atoms with Gasteiger partial charge in [-0.3, -0.25) is 9.59 Å². The van der Waals surface area contributed by atoms with Gasteiger partial charge in [-0.05, 0) is 12.8 Å². The Kier molecular flexibility index (Phi) is 1.28. The van der Waals surface area contributed by atoms with Gasteiger partial charge in [0.2, 0.25) is 5.91 Å². The zero-order valence-corrected chi connectivity index (χ0v) is 6.35. The van der Waals surface area contributed by atoms with Crippen LogP contribution >= 0.6 is 0 Å². The van der Waals surface area contributed by atoms with Gasteiger partial charge in [0.05, 0.1) is 0 Å². The van der Waals surface area contributed by atoms with E-state index in [1.165, 1.54) is 0 Å². The Morgan fingerprint density at radius 3 is 2.18 bits per heavy atom. The molecule has 0 radical (unpaired) electrons. The van der Waals surface area contributed by atoms with Crippen molar-refractivity contribution in [2.45, 2.75) is 37.6 Å². The molecule has 1 spiro atoms. The van der Waals surface area contributed by atoms with E-state index in [1.54, 1.807) is 0 Å². The largest absolute Gasteiger partial charge is 0.350 e. The average molecular weight is 153 g/mol. The average Bonchev–Trinajstić information content (AvgIpc) is 1.92. The van der Waals surface area contributed by atoms with Crippen molar-refractivity contribution in [3.05, 3.63) is 0 Å². The summed E-state index contributed by atoms with van der Waals surface area (Å²) in [7, 11) is 0. The number of hydrogen-bond donors (Lipinski definition) is 1. The first-order chi connectivity index (χ1) is 5.20. The standard InChI is InChI=1S/C8H11NO2/c10-6-1-3-8(4-2-6)5-7(11)9-8/h1-5H2,(H,9,11). The Bertz CT molecular complexity index is 202. The van der Waals surface area contributed by atoms with E-state index < -0.39 is 0 Å². The van der Waals surface area contributed by atoms with Crippen LogP contribution in [-0.2, 0) is 9.59 Å². The molecule has 1 aliphatic carbocycles. The maximum Gasteiger partial charge on any atom is 0.222 e. The molecule has 60 valence electrons. The molecule has 3 heteroatoms. The summed E-state index contributed by atoms with van der Waals surface area (Å²) in [5, 5.41) is 2.89. The van der Waals surface area contributed by atoms with E-state index in [0.717, 1.165) is 12.8 Å². The highest BCUT2D eigenvalue weighted by Gasteiger charge is 2.44. The van der Waals surface area contributed by atoms with Crippen LogP contribution in [0.1, 0.15) is 32.1 Å². The molecule has 1 aliphatic heterocycles. The summed E-state index contributed by atoms with van der Waals surface area (Å²) in [6.45, 7) is 0. The minimum absolute atomic E-state index is 0.0327. The molecule has 11 heavy (non-hydrogen) atoms. The Morgan fingerprint density at radius 2 is 1.73 bits per heavy atom. The van der Waals surface area contributed by atoms with Gasteiger partial charge in [0.15, 0.2) is 0 Å². The second-order valence-corrected chi connectivity index (χ2v) is 3.54. The lowest BCUT2D eigenvalue weighted by molar-refractivity contribution is -0.137. The van der Waals surface area contributed by atoms with Gasteiger partial charge < -0.3 is 5.32 Å². The number of ketones is 1. The van der Waals surface area contributed by atoms with Gasteiger partial charge in [0.1, 0.15) is 5.78 Å². The first-order valence-corrected chi connectivity index (χ1v) is 4.03. The quantitative estimate of drug-likeness (QED) is 0.512. The van der Waals surface area contributed by atoms with Gasteiger partial charge in [-0.2, -0.15) is 0 Å². The highest BCUT2D eigenvalue weighted by atomic mass is 16.2. The maximum atomic E-state index is 10.9. The van der Waals surface area contributed by atoms with E-state index >= 15 is 0 Å². The topological polar surface area (TPSA) is 46.2 Å². The number of β-lactam (4-membered cyclic amide) rings is 1. The molecule has 3 nitrogen and oxygen atoms in total. The third-order valence-corrected chi connectivity index (χ3v) is 2.67. The van der Waals surface area contributed by atoms with Crippen molar-refractivity contribution >= 4 is 11.7 Å². The predicted octanol–water partition coefficient (Wildman–Crippen LogP) is 0.388. The number of Topliss-reactive ketones (excluding diaryl/α,β-unsaturated/α-hetero) is 1. The molecule has 1 saturated carbocycles. The molecule has 2 rings (SSSR count). The molecule has 0 aromatic carbocycles. The Hall–Kier alpha value is -0.860. The fourth-order valence-corrected chi connectivity index (χ4v) is 1.89. The summed E-state index contributed by atoms with van der Waals surface area (Å²) in [6, 6.07) is 0. The summed E-state index contributed by atoms with van der Waals surface area (Å²) in [5.41, 5.74) is 0.0327. The maximum absolute atomic E-state index is 10.9. The third kappa shape index (κ3) is 1.04. The van der Waals surface area contributed by atoms with E-state index in [1.807, 2.05) is 0 Å². The smallest absolute Gasteiger partial charge is 0.222 e. The van der Waals surface area contributed by atoms with Gasteiger partial charge in [-0.15, -0.1) is 0 Å². The molecule has 1 saturated heterocycles. The Labute approximate surface area is 65.2 Å². The van der Waals surface area contributed by atoms with Crippen LogP contribution in [0.15, 0.2) is 0 Å². The van der Waals surface area contributed by atoms with E-state index in [0.29, 0.717) is 25.0 Å². The summed E-state index contributed by atoms with van der Waals surface area (Å²) < 4.78 is 0. The fourth-order valence-electron chi connectivity index (χ4n) is 1.89. The van der Waals surface area contributed by atoms with E-state index in [4.69, 9.17) is 0 Å². The predicted molar refractivity (Wildman–Crippen MR) is 39.0 cm³/mol. The van der Waals surface area contributed by atoms with Crippen LogP contribution in [0.3, 0.4) is 0 Å². The van der Waals surface area contributed by atoms with Crippen molar-refractivity contribution in [2.24, 2.45) is 0 Å². The van der Waals surface area contributed by atoms with Gasteiger partial charge >= 0.3 is 0 Å². The first-order valence-electron chi connectivity index (χ1n) is 4.03. The molecular formula is C8H11NO2. The van der Waals surface area contributed by atoms with Crippen molar-refractivity contribution in [1.82, 2.24) is 5.32 Å². The fraction of sp³-hybridized carbons (Fsp3) is 0.750. The summed E-state index contributed by atoms with van der Waals surface area (Å²) in [4.78, 5) is 21.5. The molecule has 0 unspecified atom stereocenters. The molecule has 1 heterocycles. The van der Waals surface area contributed by atoms with E-state index in [9.17, 15) is 9.59 Å². The molecule has 2 aliphatic rings. The minimum Gasteiger partial charge on any atom is -0.350 e. The molecule has 1 N–H and O–H groups in total. The third-order valence-electron chi connectivity index (χ3n) is 2.67. The van der Waals surface area contributed by atoms with Crippen molar-refractivity contribution in [2.75, 3.05) is 0 Å². The Balaban J connectivity index is 1.97. The van der Waals surface area contributed by atoms with Crippen LogP contribution in [-0.4, -0.2) is 17.2 Å². The summed E-state index contributed by atoms with van der Waals surface area (Å²) >= 11 is 0. The lowest BCUT2D eigenvalue weighted by atomic mass is 9.74. The molecule has 0 bridgehead atoms. The Morgan fingerprint density at radius 1 is 1.18 bits per heavy atom. The molecule has 0 aromatic rings. The van der Waals surface area contributed by atoms with Crippen LogP contribution in [0.25, 0.3) is 0 Å². The number of rotatable bonds is 0. The first kappa shape index (κ1) is 6.83. The number of hydrogen-bond acceptors (Lipinski definition) is 2. The number of carbonyl (C=O) groups excluding carboxylic acids is 2. The number of nitrogens with one attached hydrogen (secondary N) is 1. The molecule has 2 fully saturated rings. The van der Waals surface area contributed by atoms with E-state index in [-0.39, 0.29) is 11.4 Å². The van der Waals surface area contributed by atoms with Crippen molar-refractivity contribution in [1.29, 1.82) is 0 Å². The van der Waals surface area contributed by atoms with Crippen molar-refractivity contribution in [3.63, 3.8) is 0 Å². The van der Waals surface area contributed by atoms with Gasteiger partial charge in [0.25, 0.3) is 0 Å². The minimum atomic E-state index is 0.0327. The summed E-state index contributed by atoms with van der Waals surface area (Å²) in [6.07, 6.45) is 3.66. The van der Waals surface area contributed by atoms with Crippen LogP contribution in [0.5, 0.6) is 0 Å². The second kappa shape index (κ2) is 2.06. The van der Waals surface area contributed by atoms with Gasteiger partial charge in [-0.25, -0.2) is 0 Å². The zero-order chi connectivity index (χ0) is 7.90. The lowest BCUT2D eigenvalue weighted by Crippen LogP contribution is -2.62. The van der Waals surface area contributed by atoms with Gasteiger partial charge in [0, 0.05) is 24.8 Å². The normalized spacial score (nSPS) is 28.0. The summed E-state index contributed by atoms with van der Waals surface area (Å²) in [5.74, 6) is 0.483. The van der Waals surface area contributed by atoms with Crippen LogP contribution in [0, 0.1) is 0 Å². The second-order valence-electron chi connectivity index (χ2n) is 3.54. The highest BCUT2D eigenvalue weighted by Crippen LogP contribution is 2.34.